The van der Waals surface area contributed by atoms with Gasteiger partial charge in [-0.3, -0.25) is 0 Å². The molecule has 1 nitrogen and oxygen atoms in total. The van der Waals surface area contributed by atoms with Gasteiger partial charge >= 0.3 is 12.4 Å². The van der Waals surface area contributed by atoms with Gasteiger partial charge in [-0.2, -0.15) is 26.3 Å². The lowest BCUT2D eigenvalue weighted by Gasteiger charge is -2.35. The van der Waals surface area contributed by atoms with Crippen LogP contribution in [-0.4, -0.2) is 36.9 Å². The minimum Gasteiger partial charge on any atom is -0.374 e. The molecule has 0 aromatic rings. The van der Waals surface area contributed by atoms with E-state index in [9.17, 15) is 35.1 Å². The summed E-state index contributed by atoms with van der Waals surface area (Å²) in [7, 11) is 0. The monoisotopic (exact) mass is 272 g/mol. The van der Waals surface area contributed by atoms with Crippen molar-refractivity contribution in [1.82, 2.24) is 0 Å². The second kappa shape index (κ2) is 4.25. The van der Waals surface area contributed by atoms with Gasteiger partial charge in [0.15, 0.2) is 0 Å². The van der Waals surface area contributed by atoms with Crippen molar-refractivity contribution in [3.8, 4) is 0 Å². The maximum absolute atomic E-state index is 13.5. The lowest BCUT2D eigenvalue weighted by atomic mass is 9.90. The average Bonchev–Trinajstić information content (AvgIpc) is 2.64. The Bertz CT molecular complexity index is 266. The summed E-state index contributed by atoms with van der Waals surface area (Å²) in [5, 5.41) is 0. The lowest BCUT2D eigenvalue weighted by Crippen LogP contribution is -2.61. The normalized spacial score (nSPS) is 27.9. The molecule has 1 aliphatic rings. The van der Waals surface area contributed by atoms with E-state index in [2.05, 4.69) is 4.74 Å². The molecule has 17 heavy (non-hydrogen) atoms. The van der Waals surface area contributed by atoms with Gasteiger partial charge in [0.2, 0.25) is 6.17 Å². The first-order valence-electron chi connectivity index (χ1n) is 4.59. The van der Waals surface area contributed by atoms with Crippen LogP contribution in [0.2, 0.25) is 0 Å². The van der Waals surface area contributed by atoms with Gasteiger partial charge in [-0.1, -0.05) is 0 Å². The molecule has 1 heterocycles. The van der Waals surface area contributed by atoms with Crippen molar-refractivity contribution in [3.05, 3.63) is 0 Å². The lowest BCUT2D eigenvalue weighted by molar-refractivity contribution is -0.324. The number of alkyl halides is 8. The van der Waals surface area contributed by atoms with E-state index < -0.39 is 36.7 Å². The SMILES string of the molecule is FC(C(F)(F)F)C(F)(C1CCCO1)C(F)(F)F. The van der Waals surface area contributed by atoms with E-state index >= 15 is 0 Å². The summed E-state index contributed by atoms with van der Waals surface area (Å²) in [4.78, 5) is 0. The highest BCUT2D eigenvalue weighted by molar-refractivity contribution is 5.04. The summed E-state index contributed by atoms with van der Waals surface area (Å²) in [5.74, 6) is 0. The van der Waals surface area contributed by atoms with Crippen LogP contribution in [0.15, 0.2) is 0 Å². The van der Waals surface area contributed by atoms with E-state index in [4.69, 9.17) is 0 Å². The topological polar surface area (TPSA) is 9.23 Å². The van der Waals surface area contributed by atoms with Crippen LogP contribution in [0.1, 0.15) is 12.8 Å². The Morgan fingerprint density at radius 3 is 1.82 bits per heavy atom. The number of hydrogen-bond acceptors (Lipinski definition) is 1. The van der Waals surface area contributed by atoms with Crippen LogP contribution in [0.5, 0.6) is 0 Å². The molecule has 1 aliphatic heterocycles. The molecule has 9 heteroatoms. The van der Waals surface area contributed by atoms with E-state index in [-0.39, 0.29) is 13.0 Å². The molecule has 1 saturated heterocycles. The van der Waals surface area contributed by atoms with Crippen molar-refractivity contribution in [3.63, 3.8) is 0 Å². The quantitative estimate of drug-likeness (QED) is 0.700. The predicted molar refractivity (Wildman–Crippen MR) is 39.8 cm³/mol. The highest BCUT2D eigenvalue weighted by Crippen LogP contribution is 2.49. The third-order valence-corrected chi connectivity index (χ3v) is 2.49. The van der Waals surface area contributed by atoms with Gasteiger partial charge in [0.1, 0.15) is 6.10 Å². The van der Waals surface area contributed by atoms with E-state index in [1.165, 1.54) is 0 Å². The molecule has 0 aromatic carbocycles. The van der Waals surface area contributed by atoms with Crippen LogP contribution in [0.4, 0.5) is 35.1 Å². The summed E-state index contributed by atoms with van der Waals surface area (Å²) in [6.07, 6.45) is -19.7. The summed E-state index contributed by atoms with van der Waals surface area (Å²) in [6, 6.07) is 0. The number of hydrogen-bond donors (Lipinski definition) is 0. The number of ether oxygens (including phenoxy) is 1. The molecule has 0 aromatic heterocycles. The van der Waals surface area contributed by atoms with Gasteiger partial charge in [-0.15, -0.1) is 0 Å². The standard InChI is InChI=1S/C8H8F8O/c9-5(7(11,12)13)6(10,8(14,15)16)4-2-1-3-17-4/h4-5H,1-3H2. The minimum atomic E-state index is -5.99. The molecule has 0 aliphatic carbocycles. The van der Waals surface area contributed by atoms with E-state index in [1.54, 1.807) is 0 Å². The second-order valence-electron chi connectivity index (χ2n) is 3.67. The molecule has 0 bridgehead atoms. The van der Waals surface area contributed by atoms with E-state index in [1.807, 2.05) is 0 Å². The largest absolute Gasteiger partial charge is 0.428 e. The second-order valence-corrected chi connectivity index (χ2v) is 3.67. The molecule has 1 fully saturated rings. The van der Waals surface area contributed by atoms with Gasteiger partial charge in [0, 0.05) is 6.61 Å². The van der Waals surface area contributed by atoms with Crippen LogP contribution in [0.25, 0.3) is 0 Å². The molecular formula is C8H8F8O. The van der Waals surface area contributed by atoms with Crippen LogP contribution in [-0.2, 0) is 4.74 Å². The zero-order valence-corrected chi connectivity index (χ0v) is 8.21. The Morgan fingerprint density at radius 1 is 1.00 bits per heavy atom. The zero-order valence-electron chi connectivity index (χ0n) is 8.21. The highest BCUT2D eigenvalue weighted by Gasteiger charge is 2.73. The first kappa shape index (κ1) is 14.5. The highest BCUT2D eigenvalue weighted by atomic mass is 19.4. The average molecular weight is 272 g/mol. The summed E-state index contributed by atoms with van der Waals surface area (Å²) >= 11 is 0. The molecule has 3 unspecified atom stereocenters. The van der Waals surface area contributed by atoms with Gasteiger partial charge in [-0.25, -0.2) is 8.78 Å². The Hall–Kier alpha value is -0.600. The first-order chi connectivity index (χ1) is 7.51. The van der Waals surface area contributed by atoms with Crippen molar-refractivity contribution in [2.75, 3.05) is 6.61 Å². The van der Waals surface area contributed by atoms with Crippen molar-refractivity contribution in [2.24, 2.45) is 0 Å². The van der Waals surface area contributed by atoms with Crippen LogP contribution < -0.4 is 0 Å². The van der Waals surface area contributed by atoms with Crippen LogP contribution in [0, 0.1) is 0 Å². The maximum Gasteiger partial charge on any atom is 0.428 e. The third-order valence-electron chi connectivity index (χ3n) is 2.49. The molecule has 0 radical (unpaired) electrons. The molecule has 0 saturated carbocycles. The Balaban J connectivity index is 3.10. The molecule has 1 rings (SSSR count). The molecule has 0 spiro atoms. The molecular weight excluding hydrogens is 264 g/mol. The number of rotatable bonds is 2. The van der Waals surface area contributed by atoms with Crippen molar-refractivity contribution in [2.45, 2.75) is 43.1 Å². The van der Waals surface area contributed by atoms with E-state index in [0.29, 0.717) is 0 Å². The summed E-state index contributed by atoms with van der Waals surface area (Å²) in [6.45, 7) is -0.322. The van der Waals surface area contributed by atoms with E-state index in [0.717, 1.165) is 0 Å². The van der Waals surface area contributed by atoms with Gasteiger partial charge in [-0.05, 0) is 12.8 Å². The number of halogens is 8. The fraction of sp³-hybridized carbons (Fsp3) is 1.00. The molecule has 3 atom stereocenters. The van der Waals surface area contributed by atoms with Crippen molar-refractivity contribution in [1.29, 1.82) is 0 Å². The molecule has 102 valence electrons. The van der Waals surface area contributed by atoms with Gasteiger partial charge < -0.3 is 4.74 Å². The minimum absolute atomic E-state index is 0.0446. The first-order valence-corrected chi connectivity index (χ1v) is 4.59. The van der Waals surface area contributed by atoms with Gasteiger partial charge in [0.25, 0.3) is 5.67 Å². The fourth-order valence-electron chi connectivity index (χ4n) is 1.64. The molecule has 0 N–H and O–H groups in total. The molecule has 0 amide bonds. The van der Waals surface area contributed by atoms with Crippen LogP contribution in [0.3, 0.4) is 0 Å². The smallest absolute Gasteiger partial charge is 0.374 e. The van der Waals surface area contributed by atoms with Crippen LogP contribution >= 0.6 is 0 Å². The van der Waals surface area contributed by atoms with Gasteiger partial charge in [0.05, 0.1) is 0 Å². The Labute approximate surface area is 90.7 Å². The summed E-state index contributed by atoms with van der Waals surface area (Å²) in [5.41, 5.74) is -5.05. The maximum atomic E-state index is 13.5. The predicted octanol–water partition coefficient (Wildman–Crippen LogP) is 3.34. The summed E-state index contributed by atoms with van der Waals surface area (Å²) < 4.78 is 103. The fourth-order valence-corrected chi connectivity index (χ4v) is 1.64. The third kappa shape index (κ3) is 2.48. The van der Waals surface area contributed by atoms with Crippen molar-refractivity contribution < 1.29 is 39.9 Å². The zero-order chi connectivity index (χ0) is 13.5. The van der Waals surface area contributed by atoms with Crippen molar-refractivity contribution >= 4 is 0 Å². The Kier molecular flexibility index (Phi) is 3.62. The Morgan fingerprint density at radius 2 is 1.53 bits per heavy atom.